The van der Waals surface area contributed by atoms with Gasteiger partial charge in [-0.25, -0.2) is 18.1 Å². The van der Waals surface area contributed by atoms with Gasteiger partial charge in [0.2, 0.25) is 16.0 Å². The zero-order chi connectivity index (χ0) is 26.6. The summed E-state index contributed by atoms with van der Waals surface area (Å²) < 4.78 is 33.9. The molecule has 1 fully saturated rings. The summed E-state index contributed by atoms with van der Waals surface area (Å²) in [6, 6.07) is 12.9. The highest BCUT2D eigenvalue weighted by atomic mass is 35.5. The Balaban J connectivity index is 1.57. The Bertz CT molecular complexity index is 1350. The largest absolute Gasteiger partial charge is 0.494 e. The Morgan fingerprint density at radius 2 is 1.95 bits per heavy atom. The zero-order valence-corrected chi connectivity index (χ0v) is 22.9. The average Bonchev–Trinajstić information content (AvgIpc) is 3.35. The first-order valence-corrected chi connectivity index (χ1v) is 14.0. The number of nitrogens with one attached hydrogen (secondary N) is 3. The van der Waals surface area contributed by atoms with E-state index >= 15 is 0 Å². The predicted octanol–water partition coefficient (Wildman–Crippen LogP) is 3.08. The van der Waals surface area contributed by atoms with Crippen molar-refractivity contribution in [3.8, 4) is 5.75 Å². The maximum absolute atomic E-state index is 12.8. The fourth-order valence-electron chi connectivity index (χ4n) is 4.21. The van der Waals surface area contributed by atoms with Gasteiger partial charge in [-0.1, -0.05) is 23.7 Å². The molecule has 0 spiro atoms. The second kappa shape index (κ2) is 11.5. The summed E-state index contributed by atoms with van der Waals surface area (Å²) in [6.45, 7) is 5.52. The molecule has 10 nitrogen and oxygen atoms in total. The van der Waals surface area contributed by atoms with Crippen molar-refractivity contribution >= 4 is 50.5 Å². The molecule has 4 rings (SSSR count). The molecule has 0 radical (unpaired) electrons. The molecule has 1 aliphatic rings. The number of hydrogen-bond acceptors (Lipinski definition) is 8. The third-order valence-electron chi connectivity index (χ3n) is 6.06. The normalized spacial score (nSPS) is 15.7. The molecule has 5 N–H and O–H groups in total. The number of ether oxygens (including phenoxy) is 1. The maximum atomic E-state index is 12.8. The summed E-state index contributed by atoms with van der Waals surface area (Å²) in [5.74, 6) is 1.20. The molecule has 1 aliphatic heterocycles. The van der Waals surface area contributed by atoms with Crippen molar-refractivity contribution in [2.75, 3.05) is 42.8 Å². The van der Waals surface area contributed by atoms with Gasteiger partial charge in [0.25, 0.3) is 0 Å². The molecular weight excluding hydrogens is 514 g/mol. The van der Waals surface area contributed by atoms with Crippen molar-refractivity contribution in [3.63, 3.8) is 0 Å². The van der Waals surface area contributed by atoms with Gasteiger partial charge in [-0.2, -0.15) is 4.98 Å². The Labute approximate surface area is 222 Å². The number of nitrogens with two attached hydrogens (primary N) is 1. The molecule has 2 heterocycles. The average molecular weight is 547 g/mol. The standard InChI is InChI=1S/C25H32ClN7O3S/c1-16(2)32-37(34,35)23-8-6-5-7-21(23)29-24-19(26)14-28-25(31-24)30-20-10-9-18(13-22(20)36-4)33-12-11-17(15-33)27-3/h5-10,13-14,16-17,27,32H,11-12,15H2,1-4H3,(H2,28,29,30,31)/p+1/t17-/m1/s1. The lowest BCUT2D eigenvalue weighted by atomic mass is 10.2. The monoisotopic (exact) mass is 546 g/mol. The summed E-state index contributed by atoms with van der Waals surface area (Å²) in [5.41, 5.74) is 2.14. The lowest BCUT2D eigenvalue weighted by molar-refractivity contribution is -0.658. The van der Waals surface area contributed by atoms with Crippen molar-refractivity contribution in [1.29, 1.82) is 0 Å². The van der Waals surface area contributed by atoms with Gasteiger partial charge in [-0.3, -0.25) is 0 Å². The second-order valence-corrected chi connectivity index (χ2v) is 11.2. The number of rotatable bonds is 10. The smallest absolute Gasteiger partial charge is 0.242 e. The van der Waals surface area contributed by atoms with Crippen molar-refractivity contribution < 1.29 is 18.5 Å². The Kier molecular flexibility index (Phi) is 8.38. The molecule has 0 bridgehead atoms. The van der Waals surface area contributed by atoms with E-state index in [9.17, 15) is 8.42 Å². The molecule has 1 aromatic heterocycles. The fraction of sp³-hybridized carbons (Fsp3) is 0.360. The van der Waals surface area contributed by atoms with Crippen LogP contribution in [0, 0.1) is 0 Å². The summed E-state index contributed by atoms with van der Waals surface area (Å²) in [7, 11) is -0.0160. The van der Waals surface area contributed by atoms with Crippen LogP contribution >= 0.6 is 11.6 Å². The highest BCUT2D eigenvalue weighted by Gasteiger charge is 2.25. The van der Waals surface area contributed by atoms with Gasteiger partial charge in [-0.05, 0) is 38.1 Å². The number of halogens is 1. The van der Waals surface area contributed by atoms with E-state index in [1.54, 1.807) is 39.2 Å². The van der Waals surface area contributed by atoms with Crippen LogP contribution in [-0.2, 0) is 10.0 Å². The van der Waals surface area contributed by atoms with Gasteiger partial charge in [0.1, 0.15) is 21.7 Å². The number of quaternary nitrogens is 1. The number of para-hydroxylation sites is 1. The number of methoxy groups -OCH3 is 1. The van der Waals surface area contributed by atoms with Gasteiger partial charge in [-0.15, -0.1) is 0 Å². The van der Waals surface area contributed by atoms with E-state index in [0.29, 0.717) is 23.2 Å². The molecule has 37 heavy (non-hydrogen) atoms. The first-order chi connectivity index (χ1) is 17.7. The van der Waals surface area contributed by atoms with Crippen LogP contribution in [0.4, 0.5) is 28.8 Å². The third-order valence-corrected chi connectivity index (χ3v) is 8.05. The molecule has 0 saturated carbocycles. The molecule has 1 saturated heterocycles. The fourth-order valence-corrected chi connectivity index (χ4v) is 5.77. The van der Waals surface area contributed by atoms with E-state index in [0.717, 1.165) is 25.2 Å². The number of likely N-dealkylation sites (N-methyl/N-ethyl adjacent to an activating group) is 1. The van der Waals surface area contributed by atoms with Gasteiger partial charge >= 0.3 is 0 Å². The van der Waals surface area contributed by atoms with E-state index in [1.165, 1.54) is 12.3 Å². The van der Waals surface area contributed by atoms with Crippen LogP contribution < -0.4 is 30.3 Å². The van der Waals surface area contributed by atoms with Crippen LogP contribution in [0.3, 0.4) is 0 Å². The van der Waals surface area contributed by atoms with E-state index in [4.69, 9.17) is 16.3 Å². The summed E-state index contributed by atoms with van der Waals surface area (Å²) >= 11 is 6.36. The topological polar surface area (TPSA) is 125 Å². The van der Waals surface area contributed by atoms with Crippen LogP contribution in [0.2, 0.25) is 5.02 Å². The van der Waals surface area contributed by atoms with Crippen molar-refractivity contribution in [1.82, 2.24) is 14.7 Å². The first-order valence-electron chi connectivity index (χ1n) is 12.1. The Morgan fingerprint density at radius 1 is 1.16 bits per heavy atom. The second-order valence-electron chi connectivity index (χ2n) is 9.12. The van der Waals surface area contributed by atoms with Gasteiger partial charge in [0.05, 0.1) is 38.3 Å². The van der Waals surface area contributed by atoms with E-state index in [1.807, 2.05) is 18.2 Å². The van der Waals surface area contributed by atoms with Crippen LogP contribution in [0.5, 0.6) is 5.75 Å². The quantitative estimate of drug-likeness (QED) is 0.306. The number of aromatic nitrogens is 2. The Morgan fingerprint density at radius 3 is 2.65 bits per heavy atom. The predicted molar refractivity (Wildman–Crippen MR) is 147 cm³/mol. The minimum absolute atomic E-state index is 0.0926. The van der Waals surface area contributed by atoms with Crippen molar-refractivity contribution in [2.24, 2.45) is 0 Å². The molecule has 0 aliphatic carbocycles. The first kappa shape index (κ1) is 26.9. The minimum Gasteiger partial charge on any atom is -0.494 e. The van der Waals surface area contributed by atoms with E-state index in [2.05, 4.69) is 42.6 Å². The molecule has 0 unspecified atom stereocenters. The third kappa shape index (κ3) is 6.42. The molecule has 1 atom stereocenters. The molecule has 3 aromatic rings. The molecule has 12 heteroatoms. The number of anilines is 5. The lowest BCUT2D eigenvalue weighted by Gasteiger charge is -2.20. The lowest BCUT2D eigenvalue weighted by Crippen LogP contribution is -2.86. The van der Waals surface area contributed by atoms with Crippen molar-refractivity contribution in [3.05, 3.63) is 53.7 Å². The molecule has 198 valence electrons. The molecular formula is C25H33ClN7O3S+. The zero-order valence-electron chi connectivity index (χ0n) is 21.3. The van der Waals surface area contributed by atoms with Crippen LogP contribution in [0.25, 0.3) is 0 Å². The SMILES string of the molecule is C[NH2+][C@@H]1CCN(c2ccc(Nc3ncc(Cl)c(Nc4ccccc4S(=O)(=O)NC(C)C)n3)c(OC)c2)C1. The summed E-state index contributed by atoms with van der Waals surface area (Å²) in [6.07, 6.45) is 2.60. The van der Waals surface area contributed by atoms with Gasteiger partial charge in [0, 0.05) is 30.8 Å². The van der Waals surface area contributed by atoms with Crippen LogP contribution in [0.1, 0.15) is 20.3 Å². The minimum atomic E-state index is -3.74. The highest BCUT2D eigenvalue weighted by molar-refractivity contribution is 7.89. The van der Waals surface area contributed by atoms with Crippen LogP contribution in [0.15, 0.2) is 53.6 Å². The maximum Gasteiger partial charge on any atom is 0.242 e. The number of nitrogens with zero attached hydrogens (tertiary/aromatic N) is 3. The summed E-state index contributed by atoms with van der Waals surface area (Å²) in [5, 5.41) is 8.73. The van der Waals surface area contributed by atoms with Crippen molar-refractivity contribution in [2.45, 2.75) is 37.2 Å². The number of sulfonamides is 1. The van der Waals surface area contributed by atoms with Crippen LogP contribution in [-0.4, -0.2) is 57.7 Å². The van der Waals surface area contributed by atoms with E-state index in [-0.39, 0.29) is 27.7 Å². The highest BCUT2D eigenvalue weighted by Crippen LogP contribution is 2.34. The van der Waals surface area contributed by atoms with Gasteiger partial charge < -0.3 is 25.6 Å². The van der Waals surface area contributed by atoms with Gasteiger partial charge in [0.15, 0.2) is 5.82 Å². The number of hydrogen-bond donors (Lipinski definition) is 4. The summed E-state index contributed by atoms with van der Waals surface area (Å²) in [4.78, 5) is 11.2. The number of benzene rings is 2. The molecule has 2 aromatic carbocycles. The molecule has 0 amide bonds. The Hall–Kier alpha value is -3.12. The van der Waals surface area contributed by atoms with E-state index < -0.39 is 10.0 Å².